The molecule has 1 heterocycles. The molecule has 0 unspecified atom stereocenters. The molecule has 21 heavy (non-hydrogen) atoms. The Bertz CT molecular complexity index is 641. The van der Waals surface area contributed by atoms with Crippen LogP contribution in [0.4, 0.5) is 5.69 Å². The van der Waals surface area contributed by atoms with Crippen LogP contribution in [0.25, 0.3) is 0 Å². The number of nitrogens with one attached hydrogen (secondary N) is 2. The highest BCUT2D eigenvalue weighted by molar-refractivity contribution is 7.12. The lowest BCUT2D eigenvalue weighted by Gasteiger charge is -2.11. The van der Waals surface area contributed by atoms with Crippen molar-refractivity contribution in [2.24, 2.45) is 0 Å². The van der Waals surface area contributed by atoms with Crippen LogP contribution in [0.3, 0.4) is 0 Å². The van der Waals surface area contributed by atoms with Crippen LogP contribution in [0.1, 0.15) is 33.4 Å². The topological polar surface area (TPSA) is 58.2 Å². The number of anilines is 1. The van der Waals surface area contributed by atoms with Crippen molar-refractivity contribution in [3.8, 4) is 0 Å². The summed E-state index contributed by atoms with van der Waals surface area (Å²) in [5.74, 6) is -0.480. The van der Waals surface area contributed by atoms with Gasteiger partial charge >= 0.3 is 0 Å². The number of amides is 2. The van der Waals surface area contributed by atoms with Gasteiger partial charge in [-0.15, -0.1) is 11.3 Å². The predicted molar refractivity (Wildman–Crippen MR) is 86.3 cm³/mol. The Morgan fingerprint density at radius 3 is 2.71 bits per heavy atom. The number of benzene rings is 1. The van der Waals surface area contributed by atoms with Crippen molar-refractivity contribution in [1.29, 1.82) is 0 Å². The molecule has 0 saturated carbocycles. The maximum Gasteiger partial charge on any atom is 0.265 e. The summed E-state index contributed by atoms with van der Waals surface area (Å²) in [6, 6.07) is 8.34. The number of hydrogen-bond donors (Lipinski definition) is 2. The van der Waals surface area contributed by atoms with Gasteiger partial charge in [-0.1, -0.05) is 24.6 Å². The molecule has 4 nitrogen and oxygen atoms in total. The van der Waals surface area contributed by atoms with E-state index in [-0.39, 0.29) is 11.8 Å². The van der Waals surface area contributed by atoms with Crippen LogP contribution in [0.15, 0.2) is 35.7 Å². The summed E-state index contributed by atoms with van der Waals surface area (Å²) in [4.78, 5) is 24.8. The minimum atomic E-state index is -0.253. The molecule has 2 amide bonds. The first-order valence-electron chi connectivity index (χ1n) is 6.54. The minimum Gasteiger partial charge on any atom is -0.352 e. The number of carbonyl (C=O) groups excluding carboxylic acids is 2. The fourth-order valence-corrected chi connectivity index (χ4v) is 2.53. The molecule has 0 radical (unpaired) electrons. The third-order valence-electron chi connectivity index (χ3n) is 2.75. The molecular weight excluding hydrogens is 308 g/mol. The predicted octanol–water partition coefficient (Wildman–Crippen LogP) is 3.79. The lowest BCUT2D eigenvalue weighted by atomic mass is 10.1. The van der Waals surface area contributed by atoms with Gasteiger partial charge in [0.15, 0.2) is 0 Å². The van der Waals surface area contributed by atoms with Gasteiger partial charge in [-0.25, -0.2) is 0 Å². The number of thiophene rings is 1. The molecule has 1 aromatic heterocycles. The molecule has 110 valence electrons. The average molecular weight is 323 g/mol. The Labute approximate surface area is 132 Å². The third kappa shape index (κ3) is 4.06. The van der Waals surface area contributed by atoms with Gasteiger partial charge in [-0.3, -0.25) is 9.59 Å². The maximum absolute atomic E-state index is 12.1. The van der Waals surface area contributed by atoms with E-state index in [1.54, 1.807) is 30.3 Å². The second kappa shape index (κ2) is 7.24. The van der Waals surface area contributed by atoms with Gasteiger partial charge in [0.05, 0.1) is 16.1 Å². The fraction of sp³-hybridized carbons (Fsp3) is 0.200. The molecule has 0 saturated heterocycles. The first-order chi connectivity index (χ1) is 10.1. The van der Waals surface area contributed by atoms with Crippen LogP contribution in [0, 0.1) is 0 Å². The van der Waals surface area contributed by atoms with Crippen LogP contribution in [-0.4, -0.2) is 18.4 Å². The molecule has 0 aliphatic carbocycles. The number of carbonyl (C=O) groups is 2. The summed E-state index contributed by atoms with van der Waals surface area (Å²) in [7, 11) is 0. The first kappa shape index (κ1) is 15.5. The summed E-state index contributed by atoms with van der Waals surface area (Å²) in [6.07, 6.45) is 0.843. The molecule has 0 fully saturated rings. The van der Waals surface area contributed by atoms with Crippen LogP contribution in [-0.2, 0) is 0 Å². The van der Waals surface area contributed by atoms with Crippen molar-refractivity contribution in [1.82, 2.24) is 5.32 Å². The zero-order chi connectivity index (χ0) is 15.2. The van der Waals surface area contributed by atoms with E-state index in [0.717, 1.165) is 6.42 Å². The zero-order valence-electron chi connectivity index (χ0n) is 11.5. The summed E-state index contributed by atoms with van der Waals surface area (Å²) in [6.45, 7) is 2.56. The zero-order valence-corrected chi connectivity index (χ0v) is 13.1. The minimum absolute atomic E-state index is 0.227. The number of rotatable bonds is 5. The van der Waals surface area contributed by atoms with E-state index >= 15 is 0 Å². The van der Waals surface area contributed by atoms with E-state index in [1.165, 1.54) is 11.3 Å². The van der Waals surface area contributed by atoms with Crippen LogP contribution in [0.5, 0.6) is 0 Å². The van der Waals surface area contributed by atoms with Crippen molar-refractivity contribution in [3.63, 3.8) is 0 Å². The Balaban J connectivity index is 2.23. The molecule has 6 heteroatoms. The Morgan fingerprint density at radius 1 is 1.24 bits per heavy atom. The van der Waals surface area contributed by atoms with Crippen molar-refractivity contribution in [2.45, 2.75) is 13.3 Å². The SMILES string of the molecule is CCCNC(=O)c1ccc(Cl)cc1NC(=O)c1cccs1. The van der Waals surface area contributed by atoms with E-state index in [0.29, 0.717) is 27.7 Å². The van der Waals surface area contributed by atoms with Gasteiger partial charge < -0.3 is 10.6 Å². The van der Waals surface area contributed by atoms with Gasteiger partial charge in [-0.05, 0) is 36.1 Å². The molecule has 0 atom stereocenters. The van der Waals surface area contributed by atoms with Crippen molar-refractivity contribution >= 4 is 40.4 Å². The van der Waals surface area contributed by atoms with Crippen molar-refractivity contribution < 1.29 is 9.59 Å². The van der Waals surface area contributed by atoms with Crippen LogP contribution >= 0.6 is 22.9 Å². The Hall–Kier alpha value is -1.85. The standard InChI is InChI=1S/C15H15ClN2O2S/c1-2-7-17-14(19)11-6-5-10(16)9-12(11)18-15(20)13-4-3-8-21-13/h3-6,8-9H,2,7H2,1H3,(H,17,19)(H,18,20). The lowest BCUT2D eigenvalue weighted by Crippen LogP contribution is -2.25. The Morgan fingerprint density at radius 2 is 2.05 bits per heavy atom. The average Bonchev–Trinajstić information content (AvgIpc) is 2.99. The third-order valence-corrected chi connectivity index (χ3v) is 3.86. The Kier molecular flexibility index (Phi) is 5.36. The molecule has 2 rings (SSSR count). The highest BCUT2D eigenvalue weighted by Gasteiger charge is 2.15. The molecule has 0 bridgehead atoms. The smallest absolute Gasteiger partial charge is 0.265 e. The number of hydrogen-bond acceptors (Lipinski definition) is 3. The van der Waals surface area contributed by atoms with E-state index in [2.05, 4.69) is 10.6 Å². The highest BCUT2D eigenvalue weighted by Crippen LogP contribution is 2.22. The van der Waals surface area contributed by atoms with E-state index in [1.807, 2.05) is 12.3 Å². The second-order valence-electron chi connectivity index (χ2n) is 4.38. The van der Waals surface area contributed by atoms with Crippen molar-refractivity contribution in [3.05, 3.63) is 51.2 Å². The summed E-state index contributed by atoms with van der Waals surface area (Å²) in [5.41, 5.74) is 0.812. The van der Waals surface area contributed by atoms with Crippen LogP contribution < -0.4 is 10.6 Å². The lowest BCUT2D eigenvalue weighted by molar-refractivity contribution is 0.0954. The van der Waals surface area contributed by atoms with E-state index in [9.17, 15) is 9.59 Å². The molecule has 0 aliphatic heterocycles. The quantitative estimate of drug-likeness (QED) is 0.879. The van der Waals surface area contributed by atoms with Gasteiger partial charge in [0.1, 0.15) is 0 Å². The van der Waals surface area contributed by atoms with E-state index < -0.39 is 0 Å². The molecule has 2 aromatic rings. The van der Waals surface area contributed by atoms with Gasteiger partial charge in [0, 0.05) is 11.6 Å². The summed E-state index contributed by atoms with van der Waals surface area (Å²) >= 11 is 7.29. The monoisotopic (exact) mass is 322 g/mol. The maximum atomic E-state index is 12.1. The highest BCUT2D eigenvalue weighted by atomic mass is 35.5. The molecule has 1 aromatic carbocycles. The van der Waals surface area contributed by atoms with Gasteiger partial charge in [0.2, 0.25) is 0 Å². The normalized spacial score (nSPS) is 10.2. The van der Waals surface area contributed by atoms with Crippen LogP contribution in [0.2, 0.25) is 5.02 Å². The first-order valence-corrected chi connectivity index (χ1v) is 7.80. The van der Waals surface area contributed by atoms with Crippen molar-refractivity contribution in [2.75, 3.05) is 11.9 Å². The van der Waals surface area contributed by atoms with Gasteiger partial charge in [-0.2, -0.15) is 0 Å². The molecule has 0 aliphatic rings. The van der Waals surface area contributed by atoms with Gasteiger partial charge in [0.25, 0.3) is 11.8 Å². The number of halogens is 1. The summed E-state index contributed by atoms with van der Waals surface area (Å²) in [5, 5.41) is 7.81. The molecular formula is C15H15ClN2O2S. The molecule has 2 N–H and O–H groups in total. The van der Waals surface area contributed by atoms with E-state index in [4.69, 9.17) is 11.6 Å². The second-order valence-corrected chi connectivity index (χ2v) is 5.76. The fourth-order valence-electron chi connectivity index (χ4n) is 1.74. The largest absolute Gasteiger partial charge is 0.352 e. The molecule has 0 spiro atoms. The summed E-state index contributed by atoms with van der Waals surface area (Å²) < 4.78 is 0.